The van der Waals surface area contributed by atoms with Gasteiger partial charge in [-0.1, -0.05) is 5.16 Å². The summed E-state index contributed by atoms with van der Waals surface area (Å²) in [6, 6.07) is 1.16. The molecule has 1 heterocycles. The topological polar surface area (TPSA) is 93.6 Å². The van der Waals surface area contributed by atoms with Crippen LogP contribution in [-0.2, 0) is 0 Å². The van der Waals surface area contributed by atoms with Crippen LogP contribution in [-0.4, -0.2) is 33.8 Å². The Labute approximate surface area is 100 Å². The maximum atomic E-state index is 11.9. The largest absolute Gasteiger partial charge is 0.463 e. The molecule has 1 rings (SSSR count). The molecule has 0 saturated carbocycles. The van der Waals surface area contributed by atoms with Gasteiger partial charge in [0.25, 0.3) is 0 Å². The molecule has 0 amide bonds. The Bertz CT molecular complexity index is 448. The van der Waals surface area contributed by atoms with Crippen molar-refractivity contribution >= 4 is 5.84 Å². The third-order valence-electron chi connectivity index (χ3n) is 1.82. The molecule has 18 heavy (non-hydrogen) atoms. The summed E-state index contributed by atoms with van der Waals surface area (Å²) < 4.78 is 40.5. The van der Waals surface area contributed by atoms with Crippen LogP contribution in [0.25, 0.3) is 0 Å². The summed E-state index contributed by atoms with van der Waals surface area (Å²) in [6.07, 6.45) is -5.42. The fourth-order valence-electron chi connectivity index (χ4n) is 1.05. The fourth-order valence-corrected chi connectivity index (χ4v) is 1.05. The van der Waals surface area contributed by atoms with E-state index in [1.54, 1.807) is 6.92 Å². The smallest absolute Gasteiger partial charge is 0.392 e. The highest BCUT2D eigenvalue weighted by Crippen LogP contribution is 2.19. The van der Waals surface area contributed by atoms with Crippen LogP contribution in [0.4, 0.5) is 13.2 Å². The summed E-state index contributed by atoms with van der Waals surface area (Å²) >= 11 is 0. The number of amidine groups is 1. The van der Waals surface area contributed by atoms with E-state index in [9.17, 15) is 13.2 Å². The van der Waals surface area contributed by atoms with Gasteiger partial charge in [0.05, 0.1) is 6.42 Å². The van der Waals surface area contributed by atoms with Crippen molar-refractivity contribution < 1.29 is 23.1 Å². The van der Waals surface area contributed by atoms with Crippen molar-refractivity contribution in [2.24, 2.45) is 10.9 Å². The summed E-state index contributed by atoms with van der Waals surface area (Å²) in [5.74, 6) is -0.277. The average Bonchev–Trinajstić information content (AvgIpc) is 2.25. The van der Waals surface area contributed by atoms with Gasteiger partial charge in [0.2, 0.25) is 0 Å². The Kier molecular flexibility index (Phi) is 4.29. The van der Waals surface area contributed by atoms with Gasteiger partial charge in [-0.3, -0.25) is 0 Å². The Morgan fingerprint density at radius 2 is 2.17 bits per heavy atom. The second-order valence-electron chi connectivity index (χ2n) is 3.38. The first-order chi connectivity index (χ1) is 8.31. The molecule has 3 N–H and O–H groups in total. The molecule has 0 bridgehead atoms. The number of alkyl halides is 3. The lowest BCUT2D eigenvalue weighted by Crippen LogP contribution is -2.18. The van der Waals surface area contributed by atoms with E-state index in [2.05, 4.69) is 15.1 Å². The van der Waals surface area contributed by atoms with E-state index in [1.165, 1.54) is 6.07 Å². The molecule has 1 aromatic heterocycles. The molecule has 0 fully saturated rings. The van der Waals surface area contributed by atoms with Gasteiger partial charge < -0.3 is 15.7 Å². The molecule has 6 nitrogen and oxygen atoms in total. The van der Waals surface area contributed by atoms with Gasteiger partial charge in [-0.05, 0) is 13.0 Å². The third-order valence-corrected chi connectivity index (χ3v) is 1.82. The maximum Gasteiger partial charge on any atom is 0.392 e. The van der Waals surface area contributed by atoms with Crippen LogP contribution in [0.5, 0.6) is 6.01 Å². The van der Waals surface area contributed by atoms with Crippen molar-refractivity contribution in [1.29, 1.82) is 0 Å². The molecule has 0 aliphatic rings. The number of hydrogen-bond donors (Lipinski definition) is 2. The van der Waals surface area contributed by atoms with E-state index in [1.807, 2.05) is 0 Å². The van der Waals surface area contributed by atoms with Crippen molar-refractivity contribution in [2.75, 3.05) is 6.61 Å². The number of nitrogens with zero attached hydrogens (tertiary/aromatic N) is 3. The van der Waals surface area contributed by atoms with E-state index in [-0.39, 0.29) is 17.5 Å². The number of hydrogen-bond acceptors (Lipinski definition) is 5. The van der Waals surface area contributed by atoms with E-state index in [0.717, 1.165) is 0 Å². The Hall–Kier alpha value is -2.06. The van der Waals surface area contributed by atoms with Gasteiger partial charge in [0, 0.05) is 5.69 Å². The maximum absolute atomic E-state index is 11.9. The number of nitrogens with two attached hydrogens (primary N) is 1. The van der Waals surface area contributed by atoms with Crippen LogP contribution in [0, 0.1) is 6.92 Å². The molecule has 0 saturated heterocycles. The first-order valence-electron chi connectivity index (χ1n) is 4.85. The van der Waals surface area contributed by atoms with E-state index in [4.69, 9.17) is 15.7 Å². The predicted octanol–water partition coefficient (Wildman–Crippen LogP) is 1.21. The van der Waals surface area contributed by atoms with Crippen LogP contribution >= 0.6 is 0 Å². The molecule has 1 aromatic rings. The molecule has 0 aliphatic carbocycles. The van der Waals surface area contributed by atoms with Crippen molar-refractivity contribution in [3.8, 4) is 6.01 Å². The first kappa shape index (κ1) is 14.0. The molecule has 0 atom stereocenters. The van der Waals surface area contributed by atoms with Gasteiger partial charge in [0.1, 0.15) is 12.3 Å². The molecular weight excluding hydrogens is 253 g/mol. The summed E-state index contributed by atoms with van der Waals surface area (Å²) in [4.78, 5) is 7.48. The second kappa shape index (κ2) is 5.52. The molecule has 0 spiro atoms. The van der Waals surface area contributed by atoms with Gasteiger partial charge in [0.15, 0.2) is 5.84 Å². The number of rotatable bonds is 4. The standard InChI is InChI=1S/C9H11F3N4O2/c1-5-4-6(7(13)16-17)15-8(14-5)18-3-2-9(10,11)12/h4,17H,2-3H2,1H3,(H2,13,16). The summed E-state index contributed by atoms with van der Waals surface area (Å²) in [6.45, 7) is 0.981. The number of halogens is 3. The molecule has 0 radical (unpaired) electrons. The van der Waals surface area contributed by atoms with E-state index < -0.39 is 19.2 Å². The summed E-state index contributed by atoms with van der Waals surface area (Å²) in [7, 11) is 0. The Morgan fingerprint density at radius 3 is 2.72 bits per heavy atom. The zero-order chi connectivity index (χ0) is 13.8. The highest BCUT2D eigenvalue weighted by atomic mass is 19.4. The average molecular weight is 264 g/mol. The van der Waals surface area contributed by atoms with Gasteiger partial charge in [-0.25, -0.2) is 4.98 Å². The summed E-state index contributed by atoms with van der Waals surface area (Å²) in [5, 5.41) is 11.2. The number of ether oxygens (including phenoxy) is 1. The van der Waals surface area contributed by atoms with Crippen LogP contribution in [0.15, 0.2) is 11.2 Å². The number of aromatic nitrogens is 2. The van der Waals surface area contributed by atoms with Crippen molar-refractivity contribution in [1.82, 2.24) is 9.97 Å². The molecule has 0 unspecified atom stereocenters. The normalized spacial score (nSPS) is 12.6. The van der Waals surface area contributed by atoms with Gasteiger partial charge >= 0.3 is 12.2 Å². The molecular formula is C9H11F3N4O2. The SMILES string of the molecule is Cc1cc(/C(N)=N/O)nc(OCCC(F)(F)F)n1. The Balaban J connectivity index is 2.75. The van der Waals surface area contributed by atoms with E-state index in [0.29, 0.717) is 5.69 Å². The first-order valence-corrected chi connectivity index (χ1v) is 4.85. The number of oxime groups is 1. The highest BCUT2D eigenvalue weighted by molar-refractivity contribution is 5.95. The van der Waals surface area contributed by atoms with Crippen LogP contribution in [0.3, 0.4) is 0 Å². The quantitative estimate of drug-likeness (QED) is 0.369. The Morgan fingerprint density at radius 1 is 1.50 bits per heavy atom. The molecule has 9 heteroatoms. The lowest BCUT2D eigenvalue weighted by atomic mass is 10.3. The zero-order valence-electron chi connectivity index (χ0n) is 9.40. The van der Waals surface area contributed by atoms with Crippen LogP contribution < -0.4 is 10.5 Å². The third kappa shape index (κ3) is 4.44. The van der Waals surface area contributed by atoms with Crippen molar-refractivity contribution in [3.05, 3.63) is 17.5 Å². The zero-order valence-corrected chi connectivity index (χ0v) is 9.40. The highest BCUT2D eigenvalue weighted by Gasteiger charge is 2.27. The molecule has 0 aliphatic heterocycles. The second-order valence-corrected chi connectivity index (χ2v) is 3.38. The van der Waals surface area contributed by atoms with E-state index >= 15 is 0 Å². The monoisotopic (exact) mass is 264 g/mol. The van der Waals surface area contributed by atoms with Crippen molar-refractivity contribution in [2.45, 2.75) is 19.5 Å². The minimum atomic E-state index is -4.31. The van der Waals surface area contributed by atoms with Crippen molar-refractivity contribution in [3.63, 3.8) is 0 Å². The molecule has 100 valence electrons. The van der Waals surface area contributed by atoms with Gasteiger partial charge in [-0.15, -0.1) is 0 Å². The minimum absolute atomic E-state index is 0.0759. The fraction of sp³-hybridized carbons (Fsp3) is 0.444. The predicted molar refractivity (Wildman–Crippen MR) is 55.4 cm³/mol. The van der Waals surface area contributed by atoms with Gasteiger partial charge in [-0.2, -0.15) is 18.2 Å². The minimum Gasteiger partial charge on any atom is -0.463 e. The summed E-state index contributed by atoms with van der Waals surface area (Å²) in [5.41, 5.74) is 5.80. The lowest BCUT2D eigenvalue weighted by Gasteiger charge is -2.08. The lowest BCUT2D eigenvalue weighted by molar-refractivity contribution is -0.139. The number of aryl methyl sites for hydroxylation is 1. The van der Waals surface area contributed by atoms with Crippen LogP contribution in [0.2, 0.25) is 0 Å². The van der Waals surface area contributed by atoms with Crippen LogP contribution in [0.1, 0.15) is 17.8 Å². The molecule has 0 aromatic carbocycles.